The van der Waals surface area contributed by atoms with E-state index in [2.05, 4.69) is 20.6 Å². The number of hydrogen-bond acceptors (Lipinski definition) is 5. The summed E-state index contributed by atoms with van der Waals surface area (Å²) in [7, 11) is 0. The van der Waals surface area contributed by atoms with Crippen molar-refractivity contribution < 1.29 is 22.7 Å². The van der Waals surface area contributed by atoms with Gasteiger partial charge in [-0.2, -0.15) is 13.2 Å². The highest BCUT2D eigenvalue weighted by molar-refractivity contribution is 6.31. The molecule has 0 bridgehead atoms. The van der Waals surface area contributed by atoms with E-state index in [0.29, 0.717) is 43.0 Å². The second kappa shape index (κ2) is 9.81. The van der Waals surface area contributed by atoms with E-state index in [1.807, 2.05) is 24.3 Å². The molecule has 1 atom stereocenters. The van der Waals surface area contributed by atoms with Gasteiger partial charge in [-0.15, -0.1) is 0 Å². The number of pyridine rings is 1. The van der Waals surface area contributed by atoms with Crippen LogP contribution in [0.25, 0.3) is 0 Å². The molecule has 0 spiro atoms. The topological polar surface area (TPSA) is 75.6 Å². The fraction of sp³-hybridized carbons (Fsp3) is 0.269. The van der Waals surface area contributed by atoms with Gasteiger partial charge in [-0.25, -0.2) is 0 Å². The lowest BCUT2D eigenvalue weighted by Crippen LogP contribution is -2.28. The van der Waals surface area contributed by atoms with E-state index in [0.717, 1.165) is 35.6 Å². The summed E-state index contributed by atoms with van der Waals surface area (Å²) in [4.78, 5) is 21.6. The van der Waals surface area contributed by atoms with Crippen LogP contribution in [-0.4, -0.2) is 29.8 Å². The first-order chi connectivity index (χ1) is 17.3. The Hall–Kier alpha value is -3.59. The van der Waals surface area contributed by atoms with Gasteiger partial charge < -0.3 is 15.4 Å². The van der Waals surface area contributed by atoms with E-state index in [-0.39, 0.29) is 17.5 Å². The fourth-order valence-electron chi connectivity index (χ4n) is 4.40. The fourth-order valence-corrected chi connectivity index (χ4v) is 4.62. The molecule has 5 rings (SSSR count). The van der Waals surface area contributed by atoms with Crippen LogP contribution in [0, 0.1) is 5.92 Å². The maximum Gasteiger partial charge on any atom is 0.417 e. The molecule has 2 aliphatic rings. The molecule has 0 fully saturated rings. The van der Waals surface area contributed by atoms with Crippen molar-refractivity contribution in [2.45, 2.75) is 25.4 Å². The van der Waals surface area contributed by atoms with Crippen LogP contribution in [0.3, 0.4) is 0 Å². The van der Waals surface area contributed by atoms with Gasteiger partial charge in [0.2, 0.25) is 5.91 Å². The van der Waals surface area contributed by atoms with Crippen LogP contribution in [0.1, 0.15) is 28.8 Å². The van der Waals surface area contributed by atoms with Gasteiger partial charge in [0.1, 0.15) is 23.0 Å². The summed E-state index contributed by atoms with van der Waals surface area (Å²) in [6.07, 6.45) is -1.20. The Labute approximate surface area is 210 Å². The third kappa shape index (κ3) is 5.31. The van der Waals surface area contributed by atoms with Crippen molar-refractivity contribution >= 4 is 29.0 Å². The molecule has 1 aromatic heterocycles. The van der Waals surface area contributed by atoms with Gasteiger partial charge in [0.05, 0.1) is 17.1 Å². The number of aromatic nitrogens is 1. The van der Waals surface area contributed by atoms with Gasteiger partial charge in [0.25, 0.3) is 0 Å². The number of rotatable bonds is 5. The number of carbonyl (C=O) groups is 1. The molecule has 2 heterocycles. The number of ether oxygens (including phenoxy) is 1. The van der Waals surface area contributed by atoms with Crippen LogP contribution in [0.4, 0.5) is 18.9 Å². The second-order valence-corrected chi connectivity index (χ2v) is 9.10. The molecule has 2 N–H and O–H groups in total. The predicted octanol–water partition coefficient (Wildman–Crippen LogP) is 5.64. The van der Waals surface area contributed by atoms with Crippen molar-refractivity contribution in [3.8, 4) is 11.5 Å². The number of nitrogens with zero attached hydrogens (tertiary/aromatic N) is 2. The maximum absolute atomic E-state index is 13.2. The number of aryl methyl sites for hydroxylation is 1. The smallest absolute Gasteiger partial charge is 0.417 e. The number of alkyl halides is 3. The number of aliphatic imine (C=N–C) groups is 1. The Bertz CT molecular complexity index is 1340. The summed E-state index contributed by atoms with van der Waals surface area (Å²) >= 11 is 5.68. The van der Waals surface area contributed by atoms with Gasteiger partial charge in [-0.05, 0) is 66.8 Å². The number of anilines is 1. The second-order valence-electron chi connectivity index (χ2n) is 8.69. The average molecular weight is 515 g/mol. The standard InChI is InChI=1S/C26H22ClF3N4O2/c27-22-6-4-18(13-21(22)26(28,29)30)34-25(35)16-2-1-15-3-5-19(12-17(15)11-16)36-20-7-8-31-23(14-20)24-32-9-10-33-24/h3-8,12-14,16H,1-2,9-11H2,(H,32,33)(H,34,35)/t16-/m1/s1. The predicted molar refractivity (Wildman–Crippen MR) is 131 cm³/mol. The quantitative estimate of drug-likeness (QED) is 0.462. The lowest BCUT2D eigenvalue weighted by molar-refractivity contribution is -0.137. The molecule has 186 valence electrons. The van der Waals surface area contributed by atoms with Crippen LogP contribution in [-0.2, 0) is 23.8 Å². The van der Waals surface area contributed by atoms with Gasteiger partial charge in [0.15, 0.2) is 0 Å². The van der Waals surface area contributed by atoms with E-state index in [9.17, 15) is 18.0 Å². The first-order valence-electron chi connectivity index (χ1n) is 11.5. The lowest BCUT2D eigenvalue weighted by Gasteiger charge is -2.24. The van der Waals surface area contributed by atoms with E-state index < -0.39 is 16.8 Å². The van der Waals surface area contributed by atoms with Crippen molar-refractivity contribution in [3.63, 3.8) is 0 Å². The molecule has 36 heavy (non-hydrogen) atoms. The molecular weight excluding hydrogens is 493 g/mol. The highest BCUT2D eigenvalue weighted by atomic mass is 35.5. The van der Waals surface area contributed by atoms with E-state index in [4.69, 9.17) is 16.3 Å². The first-order valence-corrected chi connectivity index (χ1v) is 11.9. The number of fused-ring (bicyclic) bond motifs is 1. The van der Waals surface area contributed by atoms with Crippen LogP contribution in [0.5, 0.6) is 11.5 Å². The summed E-state index contributed by atoms with van der Waals surface area (Å²) < 4.78 is 45.5. The Morgan fingerprint density at radius 2 is 1.92 bits per heavy atom. The zero-order chi connectivity index (χ0) is 25.3. The molecule has 2 aromatic carbocycles. The first kappa shape index (κ1) is 24.1. The van der Waals surface area contributed by atoms with E-state index >= 15 is 0 Å². The molecular formula is C26H22ClF3N4O2. The van der Waals surface area contributed by atoms with Crippen molar-refractivity contribution in [2.24, 2.45) is 10.9 Å². The van der Waals surface area contributed by atoms with Gasteiger partial charge in [0, 0.05) is 30.4 Å². The number of carbonyl (C=O) groups excluding carboxylic acids is 1. The van der Waals surface area contributed by atoms with Crippen LogP contribution < -0.4 is 15.4 Å². The molecule has 1 amide bonds. The summed E-state index contributed by atoms with van der Waals surface area (Å²) in [5.41, 5.74) is 1.89. The molecule has 6 nitrogen and oxygen atoms in total. The Balaban J connectivity index is 1.28. The van der Waals surface area contributed by atoms with Crippen LogP contribution in [0.15, 0.2) is 59.7 Å². The molecule has 0 unspecified atom stereocenters. The number of benzene rings is 2. The Morgan fingerprint density at radius 1 is 1.08 bits per heavy atom. The number of amidine groups is 1. The summed E-state index contributed by atoms with van der Waals surface area (Å²) in [5, 5.41) is 5.39. The van der Waals surface area contributed by atoms with Crippen molar-refractivity contribution in [3.05, 3.63) is 82.1 Å². The van der Waals surface area contributed by atoms with Crippen molar-refractivity contribution in [1.29, 1.82) is 0 Å². The summed E-state index contributed by atoms with van der Waals surface area (Å²) in [5.74, 6) is 1.27. The number of hydrogen-bond donors (Lipinski definition) is 2. The van der Waals surface area contributed by atoms with E-state index in [1.54, 1.807) is 12.3 Å². The Kier molecular flexibility index (Phi) is 6.57. The normalized spacial score (nSPS) is 17.1. The highest BCUT2D eigenvalue weighted by Gasteiger charge is 2.34. The summed E-state index contributed by atoms with van der Waals surface area (Å²) in [6, 6.07) is 12.7. The zero-order valence-electron chi connectivity index (χ0n) is 19.0. The minimum Gasteiger partial charge on any atom is -0.457 e. The minimum atomic E-state index is -4.60. The number of halogens is 4. The number of nitrogens with one attached hydrogen (secondary N) is 2. The third-order valence-electron chi connectivity index (χ3n) is 6.20. The number of amides is 1. The van der Waals surface area contributed by atoms with Crippen LogP contribution in [0.2, 0.25) is 5.02 Å². The lowest BCUT2D eigenvalue weighted by atomic mass is 9.83. The van der Waals surface area contributed by atoms with Gasteiger partial charge in [-0.1, -0.05) is 17.7 Å². The molecule has 0 saturated carbocycles. The van der Waals surface area contributed by atoms with Crippen LogP contribution >= 0.6 is 11.6 Å². The monoisotopic (exact) mass is 514 g/mol. The average Bonchev–Trinajstić information content (AvgIpc) is 3.39. The zero-order valence-corrected chi connectivity index (χ0v) is 19.8. The molecule has 10 heteroatoms. The molecule has 0 radical (unpaired) electrons. The third-order valence-corrected chi connectivity index (χ3v) is 6.53. The highest BCUT2D eigenvalue weighted by Crippen LogP contribution is 2.37. The van der Waals surface area contributed by atoms with Gasteiger partial charge in [-0.3, -0.25) is 14.8 Å². The molecule has 1 aliphatic heterocycles. The maximum atomic E-state index is 13.2. The molecule has 3 aromatic rings. The Morgan fingerprint density at radius 3 is 2.69 bits per heavy atom. The SMILES string of the molecule is O=C(Nc1ccc(Cl)c(C(F)(F)F)c1)[C@@H]1CCc2ccc(Oc3ccnc(C4=NCCN4)c3)cc2C1. The molecule has 0 saturated heterocycles. The van der Waals surface area contributed by atoms with Crippen molar-refractivity contribution in [2.75, 3.05) is 18.4 Å². The minimum absolute atomic E-state index is 0.0643. The largest absolute Gasteiger partial charge is 0.457 e. The van der Waals surface area contributed by atoms with Gasteiger partial charge >= 0.3 is 6.18 Å². The van der Waals surface area contributed by atoms with Crippen molar-refractivity contribution in [1.82, 2.24) is 10.3 Å². The molecule has 1 aliphatic carbocycles. The summed E-state index contributed by atoms with van der Waals surface area (Å²) in [6.45, 7) is 1.49. The van der Waals surface area contributed by atoms with E-state index in [1.165, 1.54) is 6.07 Å².